The van der Waals surface area contributed by atoms with E-state index >= 15 is 0 Å². The average Bonchev–Trinajstić information content (AvgIpc) is 2.55. The van der Waals surface area contributed by atoms with Crippen molar-refractivity contribution in [3.63, 3.8) is 0 Å². The van der Waals surface area contributed by atoms with Gasteiger partial charge in [0.25, 0.3) is 0 Å². The number of thiophene rings is 1. The van der Waals surface area contributed by atoms with E-state index in [0.717, 1.165) is 5.69 Å². The van der Waals surface area contributed by atoms with E-state index in [1.165, 1.54) is 11.3 Å². The molecule has 0 radical (unpaired) electrons. The van der Waals surface area contributed by atoms with Gasteiger partial charge < -0.3 is 5.32 Å². The third-order valence-electron chi connectivity index (χ3n) is 1.38. The predicted molar refractivity (Wildman–Crippen MR) is 47.7 cm³/mol. The monoisotopic (exact) mass is 180 g/mol. The van der Waals surface area contributed by atoms with E-state index in [-0.39, 0.29) is 5.91 Å². The van der Waals surface area contributed by atoms with Gasteiger partial charge in [0, 0.05) is 5.38 Å². The van der Waals surface area contributed by atoms with Crippen LogP contribution < -0.4 is 5.32 Å². The Hall–Kier alpha value is -1.34. The Balaban J connectivity index is 2.54. The second-order valence-electron chi connectivity index (χ2n) is 2.35. The summed E-state index contributed by atoms with van der Waals surface area (Å²) >= 11 is 1.50. The highest BCUT2D eigenvalue weighted by Crippen LogP contribution is 2.12. The summed E-state index contributed by atoms with van der Waals surface area (Å²) in [7, 11) is 0. The maximum absolute atomic E-state index is 11.1. The molecule has 1 heterocycles. The highest BCUT2D eigenvalue weighted by Gasteiger charge is 2.10. The van der Waals surface area contributed by atoms with Crippen molar-refractivity contribution in [2.45, 2.75) is 6.92 Å². The summed E-state index contributed by atoms with van der Waals surface area (Å²) < 4.78 is 0. The molecule has 62 valence electrons. The molecule has 0 aromatic carbocycles. The fourth-order valence-corrected chi connectivity index (χ4v) is 1.23. The molecule has 1 N–H and O–H groups in total. The topological polar surface area (TPSA) is 52.9 Å². The molecular weight excluding hydrogens is 172 g/mol. The van der Waals surface area contributed by atoms with E-state index in [2.05, 4.69) is 5.32 Å². The third kappa shape index (κ3) is 2.07. The van der Waals surface area contributed by atoms with Crippen LogP contribution in [0.15, 0.2) is 16.8 Å². The van der Waals surface area contributed by atoms with Gasteiger partial charge in [0.1, 0.15) is 5.92 Å². The normalized spacial score (nSPS) is 11.7. The van der Waals surface area contributed by atoms with Crippen LogP contribution in [0.5, 0.6) is 0 Å². The highest BCUT2D eigenvalue weighted by molar-refractivity contribution is 7.08. The quantitative estimate of drug-likeness (QED) is 0.755. The van der Waals surface area contributed by atoms with Crippen molar-refractivity contribution >= 4 is 22.9 Å². The Labute approximate surface area is 74.6 Å². The van der Waals surface area contributed by atoms with Gasteiger partial charge in [-0.05, 0) is 18.4 Å². The number of carbonyl (C=O) groups excluding carboxylic acids is 1. The molecule has 3 nitrogen and oxygen atoms in total. The predicted octanol–water partition coefficient (Wildman–Crippen LogP) is 1.85. The first-order valence-corrected chi connectivity index (χ1v) is 4.41. The Bertz CT molecular complexity index is 299. The minimum atomic E-state index is -0.593. The Kier molecular flexibility index (Phi) is 2.83. The van der Waals surface area contributed by atoms with Crippen molar-refractivity contribution in [1.82, 2.24) is 0 Å². The van der Waals surface area contributed by atoms with E-state index in [1.807, 2.05) is 16.8 Å². The van der Waals surface area contributed by atoms with Crippen LogP contribution in [0.25, 0.3) is 0 Å². The van der Waals surface area contributed by atoms with E-state index in [4.69, 9.17) is 5.26 Å². The number of nitrogens with zero attached hydrogens (tertiary/aromatic N) is 1. The first-order chi connectivity index (χ1) is 5.74. The number of hydrogen-bond donors (Lipinski definition) is 1. The van der Waals surface area contributed by atoms with E-state index in [9.17, 15) is 4.79 Å². The molecular formula is C8H8N2OS. The highest BCUT2D eigenvalue weighted by atomic mass is 32.1. The molecule has 1 atom stereocenters. The molecule has 12 heavy (non-hydrogen) atoms. The lowest BCUT2D eigenvalue weighted by atomic mass is 10.2. The molecule has 0 bridgehead atoms. The van der Waals surface area contributed by atoms with E-state index < -0.39 is 5.92 Å². The fraction of sp³-hybridized carbons (Fsp3) is 0.250. The smallest absolute Gasteiger partial charge is 0.241 e. The van der Waals surface area contributed by atoms with Gasteiger partial charge in [0.2, 0.25) is 5.91 Å². The standard InChI is InChI=1S/C8H8N2OS/c1-6(4-9)8(11)10-7-2-3-12-5-7/h2-3,5-6H,1H3,(H,10,11). The molecule has 0 fully saturated rings. The summed E-state index contributed by atoms with van der Waals surface area (Å²) in [6.45, 7) is 1.57. The zero-order valence-corrected chi connectivity index (χ0v) is 7.39. The van der Waals surface area contributed by atoms with Crippen molar-refractivity contribution in [3.05, 3.63) is 16.8 Å². The van der Waals surface area contributed by atoms with Crippen molar-refractivity contribution < 1.29 is 4.79 Å². The number of amides is 1. The number of nitriles is 1. The van der Waals surface area contributed by atoms with Crippen LogP contribution in [0, 0.1) is 17.2 Å². The maximum atomic E-state index is 11.1. The van der Waals surface area contributed by atoms with Crippen molar-refractivity contribution in [3.8, 4) is 6.07 Å². The molecule has 0 aliphatic carbocycles. The van der Waals surface area contributed by atoms with Crippen molar-refractivity contribution in [1.29, 1.82) is 5.26 Å². The van der Waals surface area contributed by atoms with E-state index in [0.29, 0.717) is 0 Å². The minimum Gasteiger partial charge on any atom is -0.324 e. The number of rotatable bonds is 2. The summed E-state index contributed by atoms with van der Waals surface area (Å²) in [4.78, 5) is 11.1. The van der Waals surface area contributed by atoms with Gasteiger partial charge in [-0.3, -0.25) is 4.79 Å². The summed E-state index contributed by atoms with van der Waals surface area (Å²) in [5.41, 5.74) is 0.757. The first kappa shape index (κ1) is 8.75. The van der Waals surface area contributed by atoms with Crippen LogP contribution in [-0.4, -0.2) is 5.91 Å². The number of carbonyl (C=O) groups is 1. The van der Waals surface area contributed by atoms with Gasteiger partial charge >= 0.3 is 0 Å². The van der Waals surface area contributed by atoms with Crippen LogP contribution in [0.2, 0.25) is 0 Å². The summed E-state index contributed by atoms with van der Waals surface area (Å²) in [5, 5.41) is 14.7. The van der Waals surface area contributed by atoms with Gasteiger partial charge in [0.05, 0.1) is 11.8 Å². The zero-order valence-electron chi connectivity index (χ0n) is 6.57. The second-order valence-corrected chi connectivity index (χ2v) is 3.13. The van der Waals surface area contributed by atoms with Gasteiger partial charge in [0.15, 0.2) is 0 Å². The number of anilines is 1. The maximum Gasteiger partial charge on any atom is 0.241 e. The first-order valence-electron chi connectivity index (χ1n) is 3.46. The molecule has 0 saturated heterocycles. The molecule has 0 aliphatic heterocycles. The third-order valence-corrected chi connectivity index (χ3v) is 2.06. The lowest BCUT2D eigenvalue weighted by Gasteiger charge is -2.02. The van der Waals surface area contributed by atoms with Crippen LogP contribution in [-0.2, 0) is 4.79 Å². The van der Waals surface area contributed by atoms with Crippen LogP contribution in [0.4, 0.5) is 5.69 Å². The fourth-order valence-electron chi connectivity index (χ4n) is 0.645. The Morgan fingerprint density at radius 2 is 2.58 bits per heavy atom. The Morgan fingerprint density at radius 3 is 3.08 bits per heavy atom. The molecule has 1 unspecified atom stereocenters. The van der Waals surface area contributed by atoms with Crippen LogP contribution >= 0.6 is 11.3 Å². The van der Waals surface area contributed by atoms with Gasteiger partial charge in [-0.15, -0.1) is 0 Å². The Morgan fingerprint density at radius 1 is 1.83 bits per heavy atom. The van der Waals surface area contributed by atoms with Crippen molar-refractivity contribution in [2.24, 2.45) is 5.92 Å². The number of nitrogens with one attached hydrogen (secondary N) is 1. The van der Waals surface area contributed by atoms with E-state index in [1.54, 1.807) is 13.0 Å². The molecule has 0 spiro atoms. The van der Waals surface area contributed by atoms with Gasteiger partial charge in [-0.25, -0.2) is 0 Å². The van der Waals surface area contributed by atoms with Crippen LogP contribution in [0.1, 0.15) is 6.92 Å². The van der Waals surface area contributed by atoms with Gasteiger partial charge in [-0.2, -0.15) is 16.6 Å². The van der Waals surface area contributed by atoms with Gasteiger partial charge in [-0.1, -0.05) is 0 Å². The lowest BCUT2D eigenvalue weighted by molar-refractivity contribution is -0.117. The molecule has 1 rings (SSSR count). The lowest BCUT2D eigenvalue weighted by Crippen LogP contribution is -2.18. The molecule has 1 amide bonds. The molecule has 4 heteroatoms. The minimum absolute atomic E-state index is 0.254. The number of hydrogen-bond acceptors (Lipinski definition) is 3. The molecule has 0 saturated carbocycles. The zero-order chi connectivity index (χ0) is 8.97. The largest absolute Gasteiger partial charge is 0.324 e. The van der Waals surface area contributed by atoms with Crippen molar-refractivity contribution in [2.75, 3.05) is 5.32 Å². The summed E-state index contributed by atoms with van der Waals surface area (Å²) in [6, 6.07) is 3.67. The second kappa shape index (κ2) is 3.88. The molecule has 0 aliphatic rings. The summed E-state index contributed by atoms with van der Waals surface area (Å²) in [6.07, 6.45) is 0. The average molecular weight is 180 g/mol. The molecule has 1 aromatic heterocycles. The summed E-state index contributed by atoms with van der Waals surface area (Å²) in [5.74, 6) is -0.846. The molecule has 1 aromatic rings. The SMILES string of the molecule is CC(C#N)C(=O)Nc1ccsc1. The van der Waals surface area contributed by atoms with Crippen LogP contribution in [0.3, 0.4) is 0 Å².